The number of pyridine rings is 1. The van der Waals surface area contributed by atoms with Crippen LogP contribution in [0.3, 0.4) is 0 Å². The summed E-state index contributed by atoms with van der Waals surface area (Å²) in [6.07, 6.45) is 3.27. The first-order valence-corrected chi connectivity index (χ1v) is 9.68. The van der Waals surface area contributed by atoms with Gasteiger partial charge in [0.25, 0.3) is 11.8 Å². The van der Waals surface area contributed by atoms with Crippen molar-refractivity contribution in [1.29, 1.82) is 0 Å². The second-order valence-electron chi connectivity index (χ2n) is 6.87. The quantitative estimate of drug-likeness (QED) is 0.586. The number of nitrogens with zero attached hydrogens (tertiary/aromatic N) is 3. The third-order valence-corrected chi connectivity index (χ3v) is 4.99. The van der Waals surface area contributed by atoms with E-state index in [0.29, 0.717) is 17.8 Å². The Morgan fingerprint density at radius 3 is 2.30 bits per heavy atom. The summed E-state index contributed by atoms with van der Waals surface area (Å²) < 4.78 is 13.5. The van der Waals surface area contributed by atoms with Crippen LogP contribution < -0.4 is 4.90 Å². The van der Waals surface area contributed by atoms with Gasteiger partial charge >= 0.3 is 0 Å². The summed E-state index contributed by atoms with van der Waals surface area (Å²) in [7, 11) is 0. The normalized spacial score (nSPS) is 13.9. The molecule has 150 valence electrons. The van der Waals surface area contributed by atoms with Gasteiger partial charge in [0.15, 0.2) is 0 Å². The molecule has 0 unspecified atom stereocenters. The Labute approximate surface area is 174 Å². The average Bonchev–Trinajstić information content (AvgIpc) is 3.01. The molecule has 4 rings (SSSR count). The van der Waals surface area contributed by atoms with Crippen LogP contribution >= 0.6 is 0 Å². The molecule has 0 radical (unpaired) electrons. The number of hydrogen-bond acceptors (Lipinski definition) is 4. The lowest BCUT2D eigenvalue weighted by atomic mass is 10.0. The number of anilines is 1. The first-order chi connectivity index (χ1) is 14.6. The van der Waals surface area contributed by atoms with Gasteiger partial charge in [0.2, 0.25) is 0 Å². The highest BCUT2D eigenvalue weighted by Crippen LogP contribution is 2.34. The lowest BCUT2D eigenvalue weighted by Gasteiger charge is -2.25. The summed E-state index contributed by atoms with van der Waals surface area (Å²) in [4.78, 5) is 33.9. The Kier molecular flexibility index (Phi) is 5.39. The molecule has 3 aromatic rings. The van der Waals surface area contributed by atoms with E-state index >= 15 is 0 Å². The summed E-state index contributed by atoms with van der Waals surface area (Å²) in [5.41, 5.74) is 2.63. The monoisotopic (exact) mass is 401 g/mol. The molecule has 0 saturated carbocycles. The van der Waals surface area contributed by atoms with Crippen molar-refractivity contribution < 1.29 is 14.0 Å². The molecule has 2 aromatic carbocycles. The van der Waals surface area contributed by atoms with E-state index in [1.165, 1.54) is 29.2 Å². The first-order valence-electron chi connectivity index (χ1n) is 9.68. The summed E-state index contributed by atoms with van der Waals surface area (Å²) >= 11 is 0. The van der Waals surface area contributed by atoms with Gasteiger partial charge in [-0.05, 0) is 48.4 Å². The van der Waals surface area contributed by atoms with Crippen LogP contribution in [0.5, 0.6) is 0 Å². The van der Waals surface area contributed by atoms with E-state index in [4.69, 9.17) is 0 Å². The van der Waals surface area contributed by atoms with Crippen molar-refractivity contribution in [2.24, 2.45) is 0 Å². The third kappa shape index (κ3) is 3.59. The van der Waals surface area contributed by atoms with Crippen LogP contribution in [0.2, 0.25) is 0 Å². The Hall–Kier alpha value is -3.80. The van der Waals surface area contributed by atoms with Crippen molar-refractivity contribution >= 4 is 23.1 Å². The van der Waals surface area contributed by atoms with E-state index in [1.54, 1.807) is 18.5 Å². The molecule has 2 heterocycles. The molecule has 0 atom stereocenters. The van der Waals surface area contributed by atoms with Gasteiger partial charge < -0.3 is 4.90 Å². The molecule has 0 fully saturated rings. The van der Waals surface area contributed by atoms with Crippen LogP contribution in [0.25, 0.3) is 5.57 Å². The first kappa shape index (κ1) is 19.5. The molecular weight excluding hydrogens is 381 g/mol. The maximum Gasteiger partial charge on any atom is 0.278 e. The van der Waals surface area contributed by atoms with Crippen LogP contribution in [0.1, 0.15) is 18.1 Å². The minimum atomic E-state index is -0.403. The van der Waals surface area contributed by atoms with Gasteiger partial charge in [-0.1, -0.05) is 36.4 Å². The largest absolute Gasteiger partial charge is 0.337 e. The number of benzene rings is 2. The zero-order valence-electron chi connectivity index (χ0n) is 16.5. The zero-order valence-corrected chi connectivity index (χ0v) is 16.5. The molecule has 0 aliphatic carbocycles. The van der Waals surface area contributed by atoms with E-state index < -0.39 is 11.7 Å². The van der Waals surface area contributed by atoms with Gasteiger partial charge in [-0.25, -0.2) is 4.39 Å². The third-order valence-electron chi connectivity index (χ3n) is 4.99. The van der Waals surface area contributed by atoms with Crippen LogP contribution in [0, 0.1) is 5.82 Å². The highest BCUT2D eigenvalue weighted by atomic mass is 19.1. The fourth-order valence-electron chi connectivity index (χ4n) is 3.59. The topological polar surface area (TPSA) is 53.5 Å². The van der Waals surface area contributed by atoms with Crippen molar-refractivity contribution in [1.82, 2.24) is 9.88 Å². The lowest BCUT2D eigenvalue weighted by Crippen LogP contribution is -2.34. The molecule has 0 bridgehead atoms. The minimum Gasteiger partial charge on any atom is -0.337 e. The van der Waals surface area contributed by atoms with Crippen molar-refractivity contribution in [3.05, 3.63) is 102 Å². The summed E-state index contributed by atoms with van der Waals surface area (Å²) in [5.74, 6) is -1.19. The molecule has 1 aliphatic heterocycles. The number of para-hydroxylation sites is 1. The smallest absolute Gasteiger partial charge is 0.278 e. The molecule has 0 spiro atoms. The van der Waals surface area contributed by atoms with Gasteiger partial charge in [0.05, 0.1) is 12.1 Å². The predicted molar refractivity (Wildman–Crippen MR) is 113 cm³/mol. The maximum absolute atomic E-state index is 13.5. The standard InChI is InChI=1S/C24H20FN3O2/c1-2-27(20-8-4-3-5-9-20)22-21(18-10-12-19(25)13-11-18)23(29)28(24(22)30)16-17-7-6-14-26-15-17/h3-15H,2,16H2,1H3. The minimum absolute atomic E-state index is 0.117. The average molecular weight is 401 g/mol. The number of rotatable bonds is 6. The van der Waals surface area contributed by atoms with Crippen LogP contribution in [-0.4, -0.2) is 28.2 Å². The fraction of sp³-hybridized carbons (Fsp3) is 0.125. The molecule has 2 amide bonds. The van der Waals surface area contributed by atoms with E-state index in [-0.39, 0.29) is 18.0 Å². The van der Waals surface area contributed by atoms with Gasteiger partial charge in [0, 0.05) is 24.6 Å². The van der Waals surface area contributed by atoms with Crippen LogP contribution in [-0.2, 0) is 16.1 Å². The molecule has 0 saturated heterocycles. The molecule has 30 heavy (non-hydrogen) atoms. The number of imide groups is 1. The second-order valence-corrected chi connectivity index (χ2v) is 6.87. The maximum atomic E-state index is 13.5. The van der Waals surface area contributed by atoms with Gasteiger partial charge in [0.1, 0.15) is 11.5 Å². The molecule has 5 nitrogen and oxygen atoms in total. The summed E-state index contributed by atoms with van der Waals surface area (Å²) in [5, 5.41) is 0. The molecular formula is C24H20FN3O2. The van der Waals surface area contributed by atoms with Gasteiger partial charge in [-0.2, -0.15) is 0 Å². The highest BCUT2D eigenvalue weighted by molar-refractivity contribution is 6.36. The highest BCUT2D eigenvalue weighted by Gasteiger charge is 2.41. The Bertz CT molecular complexity index is 1100. The van der Waals surface area contributed by atoms with E-state index in [1.807, 2.05) is 48.2 Å². The number of carbonyl (C=O) groups excluding carboxylic acids is 2. The number of carbonyl (C=O) groups is 2. The van der Waals surface area contributed by atoms with Crippen LogP contribution in [0.4, 0.5) is 10.1 Å². The Morgan fingerprint density at radius 2 is 1.67 bits per heavy atom. The molecule has 0 N–H and O–H groups in total. The summed E-state index contributed by atoms with van der Waals surface area (Å²) in [6, 6.07) is 18.7. The van der Waals surface area contributed by atoms with Gasteiger partial charge in [-0.3, -0.25) is 19.5 Å². The van der Waals surface area contributed by atoms with Crippen molar-refractivity contribution in [2.75, 3.05) is 11.4 Å². The van der Waals surface area contributed by atoms with Gasteiger partial charge in [-0.15, -0.1) is 0 Å². The number of likely N-dealkylation sites (N-methyl/N-ethyl adjacent to an activating group) is 1. The molecule has 6 heteroatoms. The number of hydrogen-bond donors (Lipinski definition) is 0. The van der Waals surface area contributed by atoms with Crippen molar-refractivity contribution in [3.63, 3.8) is 0 Å². The Balaban J connectivity index is 1.82. The van der Waals surface area contributed by atoms with Crippen LogP contribution in [0.15, 0.2) is 84.8 Å². The number of halogens is 1. The lowest BCUT2D eigenvalue weighted by molar-refractivity contribution is -0.137. The van der Waals surface area contributed by atoms with Crippen molar-refractivity contribution in [3.8, 4) is 0 Å². The molecule has 1 aromatic heterocycles. The van der Waals surface area contributed by atoms with E-state index in [9.17, 15) is 14.0 Å². The SMILES string of the molecule is CCN(C1=C(c2ccc(F)cc2)C(=O)N(Cc2cccnc2)C1=O)c1ccccc1. The molecule has 1 aliphatic rings. The zero-order chi connectivity index (χ0) is 21.1. The number of aromatic nitrogens is 1. The van der Waals surface area contributed by atoms with E-state index in [0.717, 1.165) is 11.3 Å². The number of amides is 2. The van der Waals surface area contributed by atoms with E-state index in [2.05, 4.69) is 4.98 Å². The predicted octanol–water partition coefficient (Wildman–Crippen LogP) is 4.03. The second kappa shape index (κ2) is 8.29. The Morgan fingerprint density at radius 1 is 0.933 bits per heavy atom. The van der Waals surface area contributed by atoms with Crippen molar-refractivity contribution in [2.45, 2.75) is 13.5 Å². The summed E-state index contributed by atoms with van der Waals surface area (Å²) in [6.45, 7) is 2.53. The fourth-order valence-corrected chi connectivity index (χ4v) is 3.59.